The maximum atomic E-state index is 10.7. The first-order valence-electron chi connectivity index (χ1n) is 5.83. The molecule has 0 aliphatic carbocycles. The Balaban J connectivity index is 2.26. The van der Waals surface area contributed by atoms with Gasteiger partial charge in [-0.2, -0.15) is 0 Å². The number of rotatable bonds is 4. The Morgan fingerprint density at radius 3 is 2.60 bits per heavy atom. The molecule has 0 radical (unpaired) electrons. The van der Waals surface area contributed by atoms with E-state index in [0.29, 0.717) is 17.1 Å². The molecule has 0 spiro atoms. The number of aliphatic hydroxyl groups is 1. The summed E-state index contributed by atoms with van der Waals surface area (Å²) < 4.78 is 6.44. The fourth-order valence-electron chi connectivity index (χ4n) is 1.71. The van der Waals surface area contributed by atoms with Crippen molar-refractivity contribution in [3.05, 3.63) is 62.1 Å². The fraction of sp³-hybridized carbons (Fsp3) is 0.143. The number of ether oxygens (including phenoxy) is 1. The first-order chi connectivity index (χ1) is 9.51. The van der Waals surface area contributed by atoms with Crippen LogP contribution in [0.5, 0.6) is 11.5 Å². The highest BCUT2D eigenvalue weighted by Crippen LogP contribution is 2.30. The summed E-state index contributed by atoms with van der Waals surface area (Å²) in [5, 5.41) is 19.8. The van der Waals surface area contributed by atoms with Gasteiger partial charge in [-0.25, -0.2) is 0 Å². The number of halogens is 1. The van der Waals surface area contributed by atoms with E-state index in [4.69, 9.17) is 9.84 Å². The van der Waals surface area contributed by atoms with Crippen LogP contribution in [-0.4, -0.2) is 10.0 Å². The number of hydrogen-bond donors (Lipinski definition) is 1. The SMILES string of the molecule is Cc1cc([N+](=O)[O-])ccc1Oc1ccc(CO)c(Br)c1. The van der Waals surface area contributed by atoms with Crippen molar-refractivity contribution >= 4 is 21.6 Å². The minimum atomic E-state index is -0.441. The van der Waals surface area contributed by atoms with Crippen LogP contribution in [0.15, 0.2) is 40.9 Å². The molecule has 2 aromatic rings. The molecular formula is C14H12BrNO4. The van der Waals surface area contributed by atoms with E-state index in [9.17, 15) is 10.1 Å². The van der Waals surface area contributed by atoms with Gasteiger partial charge in [-0.1, -0.05) is 22.0 Å². The lowest BCUT2D eigenvalue weighted by Gasteiger charge is -2.10. The molecule has 0 unspecified atom stereocenters. The number of non-ortho nitro benzene ring substituents is 1. The molecule has 2 aromatic carbocycles. The minimum Gasteiger partial charge on any atom is -0.457 e. The fourth-order valence-corrected chi connectivity index (χ4v) is 2.19. The first-order valence-corrected chi connectivity index (χ1v) is 6.62. The van der Waals surface area contributed by atoms with E-state index in [-0.39, 0.29) is 12.3 Å². The van der Waals surface area contributed by atoms with Crippen LogP contribution in [0.3, 0.4) is 0 Å². The molecule has 104 valence electrons. The van der Waals surface area contributed by atoms with Crippen molar-refractivity contribution in [1.29, 1.82) is 0 Å². The van der Waals surface area contributed by atoms with Crippen molar-refractivity contribution in [2.45, 2.75) is 13.5 Å². The molecule has 0 saturated heterocycles. The van der Waals surface area contributed by atoms with Gasteiger partial charge in [-0.3, -0.25) is 10.1 Å². The molecule has 0 aromatic heterocycles. The molecule has 0 aliphatic rings. The lowest BCUT2D eigenvalue weighted by molar-refractivity contribution is -0.384. The summed E-state index contributed by atoms with van der Waals surface area (Å²) in [6.07, 6.45) is 0. The highest BCUT2D eigenvalue weighted by atomic mass is 79.9. The van der Waals surface area contributed by atoms with Gasteiger partial charge in [0.1, 0.15) is 11.5 Å². The van der Waals surface area contributed by atoms with Gasteiger partial charge in [-0.15, -0.1) is 0 Å². The Morgan fingerprint density at radius 1 is 1.30 bits per heavy atom. The van der Waals surface area contributed by atoms with E-state index in [0.717, 1.165) is 10.0 Å². The van der Waals surface area contributed by atoms with E-state index in [1.54, 1.807) is 31.2 Å². The zero-order valence-corrected chi connectivity index (χ0v) is 12.3. The number of aliphatic hydroxyl groups excluding tert-OH is 1. The van der Waals surface area contributed by atoms with Gasteiger partial charge >= 0.3 is 0 Å². The Morgan fingerprint density at radius 2 is 2.05 bits per heavy atom. The first kappa shape index (κ1) is 14.5. The summed E-state index contributed by atoms with van der Waals surface area (Å²) in [6.45, 7) is 1.69. The molecule has 0 heterocycles. The normalized spacial score (nSPS) is 10.3. The van der Waals surface area contributed by atoms with Crippen LogP contribution in [0.4, 0.5) is 5.69 Å². The second kappa shape index (κ2) is 6.02. The lowest BCUT2D eigenvalue weighted by atomic mass is 10.2. The van der Waals surface area contributed by atoms with E-state index >= 15 is 0 Å². The topological polar surface area (TPSA) is 72.6 Å². The molecule has 0 aliphatic heterocycles. The van der Waals surface area contributed by atoms with Crippen LogP contribution >= 0.6 is 15.9 Å². The van der Waals surface area contributed by atoms with Crippen LogP contribution in [-0.2, 0) is 6.61 Å². The van der Waals surface area contributed by atoms with Crippen LogP contribution in [0, 0.1) is 17.0 Å². The number of nitro groups is 1. The summed E-state index contributed by atoms with van der Waals surface area (Å²) in [5.41, 5.74) is 1.48. The summed E-state index contributed by atoms with van der Waals surface area (Å²) in [6, 6.07) is 9.66. The summed E-state index contributed by atoms with van der Waals surface area (Å²) in [4.78, 5) is 10.2. The van der Waals surface area contributed by atoms with Crippen molar-refractivity contribution in [2.75, 3.05) is 0 Å². The van der Waals surface area contributed by atoms with Crippen LogP contribution in [0.25, 0.3) is 0 Å². The van der Waals surface area contributed by atoms with Gasteiger partial charge in [0.05, 0.1) is 11.5 Å². The molecule has 1 N–H and O–H groups in total. The summed E-state index contributed by atoms with van der Waals surface area (Å²) >= 11 is 3.34. The van der Waals surface area contributed by atoms with Crippen molar-refractivity contribution < 1.29 is 14.8 Å². The molecule has 5 nitrogen and oxygen atoms in total. The largest absolute Gasteiger partial charge is 0.457 e. The second-order valence-corrected chi connectivity index (χ2v) is 5.07. The van der Waals surface area contributed by atoms with Crippen molar-refractivity contribution in [1.82, 2.24) is 0 Å². The molecule has 0 atom stereocenters. The molecule has 6 heteroatoms. The van der Waals surface area contributed by atoms with E-state index in [1.807, 2.05) is 0 Å². The Bertz CT molecular complexity index is 658. The quantitative estimate of drug-likeness (QED) is 0.677. The summed E-state index contributed by atoms with van der Waals surface area (Å²) in [5.74, 6) is 1.14. The van der Waals surface area contributed by atoms with Gasteiger partial charge in [0, 0.05) is 16.6 Å². The number of aryl methyl sites for hydroxylation is 1. The highest BCUT2D eigenvalue weighted by molar-refractivity contribution is 9.10. The van der Waals surface area contributed by atoms with Crippen LogP contribution < -0.4 is 4.74 Å². The van der Waals surface area contributed by atoms with Crippen LogP contribution in [0.1, 0.15) is 11.1 Å². The third kappa shape index (κ3) is 3.15. The molecule has 0 amide bonds. The number of nitrogens with zero attached hydrogens (tertiary/aromatic N) is 1. The van der Waals surface area contributed by atoms with E-state index in [1.165, 1.54) is 12.1 Å². The zero-order valence-electron chi connectivity index (χ0n) is 10.7. The molecule has 0 saturated carbocycles. The van der Waals surface area contributed by atoms with E-state index in [2.05, 4.69) is 15.9 Å². The molecule has 0 bridgehead atoms. The average Bonchev–Trinajstić information content (AvgIpc) is 2.41. The number of benzene rings is 2. The maximum Gasteiger partial charge on any atom is 0.269 e. The van der Waals surface area contributed by atoms with Gasteiger partial charge in [0.25, 0.3) is 5.69 Å². The molecule has 2 rings (SSSR count). The highest BCUT2D eigenvalue weighted by Gasteiger charge is 2.10. The van der Waals surface area contributed by atoms with Gasteiger partial charge in [0.15, 0.2) is 0 Å². The average molecular weight is 338 g/mol. The Kier molecular flexibility index (Phi) is 4.36. The van der Waals surface area contributed by atoms with Gasteiger partial charge < -0.3 is 9.84 Å². The van der Waals surface area contributed by atoms with Gasteiger partial charge in [0.2, 0.25) is 0 Å². The third-order valence-electron chi connectivity index (χ3n) is 2.79. The second-order valence-electron chi connectivity index (χ2n) is 4.22. The molecular weight excluding hydrogens is 326 g/mol. The standard InChI is InChI=1S/C14H12BrNO4/c1-9-6-11(16(18)19)3-5-14(9)20-12-4-2-10(8-17)13(15)7-12/h2-7,17H,8H2,1H3. The minimum absolute atomic E-state index is 0.0339. The number of nitro benzene ring substituents is 1. The van der Waals surface area contributed by atoms with E-state index < -0.39 is 4.92 Å². The number of hydrogen-bond acceptors (Lipinski definition) is 4. The van der Waals surface area contributed by atoms with Crippen molar-refractivity contribution in [2.24, 2.45) is 0 Å². The third-order valence-corrected chi connectivity index (χ3v) is 3.53. The lowest BCUT2D eigenvalue weighted by Crippen LogP contribution is -1.92. The monoisotopic (exact) mass is 337 g/mol. The van der Waals surface area contributed by atoms with Crippen LogP contribution in [0.2, 0.25) is 0 Å². The van der Waals surface area contributed by atoms with Gasteiger partial charge in [-0.05, 0) is 36.2 Å². The predicted molar refractivity (Wildman–Crippen MR) is 78.0 cm³/mol. The molecule has 20 heavy (non-hydrogen) atoms. The Labute approximate surface area is 124 Å². The maximum absolute atomic E-state index is 10.7. The molecule has 0 fully saturated rings. The smallest absolute Gasteiger partial charge is 0.269 e. The summed E-state index contributed by atoms with van der Waals surface area (Å²) in [7, 11) is 0. The van der Waals surface area contributed by atoms with Crippen molar-refractivity contribution in [3.63, 3.8) is 0 Å². The van der Waals surface area contributed by atoms with Crippen molar-refractivity contribution in [3.8, 4) is 11.5 Å². The Hall–Kier alpha value is -1.92. The zero-order chi connectivity index (χ0) is 14.7. The predicted octanol–water partition coefficient (Wildman–Crippen LogP) is 3.95.